The maximum atomic E-state index is 13.8. The van der Waals surface area contributed by atoms with Gasteiger partial charge in [0.1, 0.15) is 0 Å². The molecule has 0 radical (unpaired) electrons. The lowest BCUT2D eigenvalue weighted by atomic mass is 9.73. The molecule has 0 N–H and O–H groups in total. The molecule has 2 aliphatic rings. The van der Waals surface area contributed by atoms with Gasteiger partial charge in [-0.1, -0.05) is 47.0 Å². The summed E-state index contributed by atoms with van der Waals surface area (Å²) in [6.45, 7) is 3.76. The maximum absolute atomic E-state index is 13.8. The van der Waals surface area contributed by atoms with E-state index in [9.17, 15) is 4.79 Å². The summed E-state index contributed by atoms with van der Waals surface area (Å²) >= 11 is 6.10. The van der Waals surface area contributed by atoms with Crippen LogP contribution in [0, 0.1) is 0 Å². The van der Waals surface area contributed by atoms with E-state index in [1.165, 1.54) is 0 Å². The lowest BCUT2D eigenvalue weighted by molar-refractivity contribution is -0.141. The Morgan fingerprint density at radius 2 is 1.62 bits per heavy atom. The van der Waals surface area contributed by atoms with Crippen LogP contribution in [0.1, 0.15) is 18.4 Å². The van der Waals surface area contributed by atoms with Crippen LogP contribution in [0.2, 0.25) is 5.02 Å². The molecule has 2 aliphatic heterocycles. The normalized spacial score (nSPS) is 18.5. The van der Waals surface area contributed by atoms with Gasteiger partial charge in [-0.05, 0) is 53.1 Å². The predicted octanol–water partition coefficient (Wildman–Crippen LogP) is 2.71. The molecule has 8 nitrogen and oxygen atoms in total. The van der Waals surface area contributed by atoms with E-state index in [4.69, 9.17) is 16.3 Å². The summed E-state index contributed by atoms with van der Waals surface area (Å²) in [5.74, 6) is 0.868. The molecular formula is C23H25ClN6O2. The fraction of sp³-hybridized carbons (Fsp3) is 0.391. The topological polar surface area (TPSA) is 76.4 Å². The highest BCUT2D eigenvalue weighted by atomic mass is 35.5. The van der Waals surface area contributed by atoms with Gasteiger partial charge >= 0.3 is 0 Å². The van der Waals surface area contributed by atoms with Gasteiger partial charge in [0.15, 0.2) is 0 Å². The summed E-state index contributed by atoms with van der Waals surface area (Å²) in [6.07, 6.45) is 1.36. The van der Waals surface area contributed by atoms with Crippen LogP contribution in [-0.4, -0.2) is 70.4 Å². The molecule has 2 aromatic carbocycles. The molecule has 9 heteroatoms. The lowest BCUT2D eigenvalue weighted by Gasteiger charge is -2.43. The van der Waals surface area contributed by atoms with E-state index >= 15 is 0 Å². The first kappa shape index (κ1) is 20.9. The maximum Gasteiger partial charge on any atom is 0.250 e. The molecule has 5 rings (SSSR count). The average molecular weight is 453 g/mol. The largest absolute Gasteiger partial charge is 0.381 e. The molecule has 1 aromatic heterocycles. The zero-order valence-corrected chi connectivity index (χ0v) is 18.5. The molecule has 0 saturated carbocycles. The Kier molecular flexibility index (Phi) is 5.80. The van der Waals surface area contributed by atoms with Crippen LogP contribution >= 0.6 is 11.6 Å². The molecule has 2 saturated heterocycles. The number of piperazine rings is 1. The van der Waals surface area contributed by atoms with Gasteiger partial charge in [0, 0.05) is 44.4 Å². The number of hydrogen-bond acceptors (Lipinski definition) is 6. The second kappa shape index (κ2) is 8.88. The predicted molar refractivity (Wildman–Crippen MR) is 121 cm³/mol. The number of ether oxygens (including phenoxy) is 1. The van der Waals surface area contributed by atoms with Crippen LogP contribution < -0.4 is 4.90 Å². The number of anilines is 1. The van der Waals surface area contributed by atoms with Crippen LogP contribution in [0.25, 0.3) is 5.69 Å². The van der Waals surface area contributed by atoms with Gasteiger partial charge in [0.2, 0.25) is 11.9 Å². The minimum atomic E-state index is -0.559. The SMILES string of the molecule is O=C(N1CCN(c2nnnn2-c2ccccc2)CC1)C1(c2ccc(Cl)cc2)CCOCC1. The Labute approximate surface area is 191 Å². The first-order valence-corrected chi connectivity index (χ1v) is 11.3. The monoisotopic (exact) mass is 452 g/mol. The minimum Gasteiger partial charge on any atom is -0.381 e. The fourth-order valence-electron chi connectivity index (χ4n) is 4.64. The molecule has 32 heavy (non-hydrogen) atoms. The molecule has 3 heterocycles. The smallest absolute Gasteiger partial charge is 0.250 e. The van der Waals surface area contributed by atoms with E-state index in [1.807, 2.05) is 59.5 Å². The van der Waals surface area contributed by atoms with E-state index in [1.54, 1.807) is 4.68 Å². The Balaban J connectivity index is 1.33. The van der Waals surface area contributed by atoms with Crippen molar-refractivity contribution < 1.29 is 9.53 Å². The van der Waals surface area contributed by atoms with E-state index in [0.29, 0.717) is 63.2 Å². The van der Waals surface area contributed by atoms with Gasteiger partial charge < -0.3 is 14.5 Å². The van der Waals surface area contributed by atoms with Crippen molar-refractivity contribution in [3.63, 3.8) is 0 Å². The third-order valence-corrected chi connectivity index (χ3v) is 6.71. The highest BCUT2D eigenvalue weighted by Crippen LogP contribution is 2.37. The van der Waals surface area contributed by atoms with Gasteiger partial charge in [-0.3, -0.25) is 4.79 Å². The number of rotatable bonds is 4. The number of para-hydroxylation sites is 1. The van der Waals surface area contributed by atoms with E-state index < -0.39 is 5.41 Å². The number of nitrogens with zero attached hydrogens (tertiary/aromatic N) is 6. The highest BCUT2D eigenvalue weighted by Gasteiger charge is 2.44. The van der Waals surface area contributed by atoms with Gasteiger partial charge in [-0.25, -0.2) is 0 Å². The zero-order chi connectivity index (χ0) is 22.0. The van der Waals surface area contributed by atoms with E-state index in [0.717, 1.165) is 11.3 Å². The molecule has 0 atom stereocenters. The Morgan fingerprint density at radius 1 is 0.938 bits per heavy atom. The van der Waals surface area contributed by atoms with Crippen LogP contribution in [0.4, 0.5) is 5.95 Å². The molecule has 0 bridgehead atoms. The molecule has 0 spiro atoms. The highest BCUT2D eigenvalue weighted by molar-refractivity contribution is 6.30. The Hall–Kier alpha value is -2.97. The van der Waals surface area contributed by atoms with Crippen molar-refractivity contribution in [1.29, 1.82) is 0 Å². The molecule has 2 fully saturated rings. The van der Waals surface area contributed by atoms with Crippen molar-refractivity contribution in [2.45, 2.75) is 18.3 Å². The molecule has 1 amide bonds. The van der Waals surface area contributed by atoms with Crippen LogP contribution in [-0.2, 0) is 14.9 Å². The second-order valence-electron chi connectivity index (χ2n) is 8.21. The quantitative estimate of drug-likeness (QED) is 0.605. The first-order valence-electron chi connectivity index (χ1n) is 10.9. The van der Waals surface area contributed by atoms with Crippen molar-refractivity contribution in [3.05, 3.63) is 65.2 Å². The Bertz CT molecular complexity index is 1060. The molecule has 0 unspecified atom stereocenters. The van der Waals surface area contributed by atoms with Crippen molar-refractivity contribution in [2.24, 2.45) is 0 Å². The number of tetrazole rings is 1. The van der Waals surface area contributed by atoms with E-state index in [2.05, 4.69) is 20.4 Å². The summed E-state index contributed by atoms with van der Waals surface area (Å²) in [7, 11) is 0. The van der Waals surface area contributed by atoms with Crippen molar-refractivity contribution in [1.82, 2.24) is 25.1 Å². The molecular weight excluding hydrogens is 428 g/mol. The summed E-state index contributed by atoms with van der Waals surface area (Å²) < 4.78 is 7.34. The summed E-state index contributed by atoms with van der Waals surface area (Å²) in [4.78, 5) is 17.9. The molecule has 166 valence electrons. The second-order valence-corrected chi connectivity index (χ2v) is 8.64. The van der Waals surface area contributed by atoms with Gasteiger partial charge in [0.05, 0.1) is 11.1 Å². The first-order chi connectivity index (χ1) is 15.7. The average Bonchev–Trinajstić information content (AvgIpc) is 3.35. The number of carbonyl (C=O) groups is 1. The molecule has 0 aliphatic carbocycles. The minimum absolute atomic E-state index is 0.172. The standard InChI is InChI=1S/C23H25ClN6O2/c24-19-8-6-18(7-9-19)23(10-16-32-17-11-23)21(31)28-12-14-29(15-13-28)22-25-26-27-30(22)20-4-2-1-3-5-20/h1-9H,10-17H2. The van der Waals surface area contributed by atoms with Gasteiger partial charge in [-0.15, -0.1) is 0 Å². The number of aromatic nitrogens is 4. The number of carbonyl (C=O) groups excluding carboxylic acids is 1. The zero-order valence-electron chi connectivity index (χ0n) is 17.7. The molecule has 3 aromatic rings. The number of benzene rings is 2. The Morgan fingerprint density at radius 3 is 2.31 bits per heavy atom. The number of hydrogen-bond donors (Lipinski definition) is 0. The van der Waals surface area contributed by atoms with Crippen LogP contribution in [0.3, 0.4) is 0 Å². The summed E-state index contributed by atoms with van der Waals surface area (Å²) in [5, 5.41) is 12.9. The number of halogens is 1. The summed E-state index contributed by atoms with van der Waals surface area (Å²) in [5.41, 5.74) is 1.37. The third kappa shape index (κ3) is 3.84. The van der Waals surface area contributed by atoms with Crippen molar-refractivity contribution in [2.75, 3.05) is 44.3 Å². The van der Waals surface area contributed by atoms with Crippen molar-refractivity contribution >= 4 is 23.5 Å². The lowest BCUT2D eigenvalue weighted by Crippen LogP contribution is -2.56. The van der Waals surface area contributed by atoms with Gasteiger partial charge in [-0.2, -0.15) is 4.68 Å². The van der Waals surface area contributed by atoms with Crippen LogP contribution in [0.5, 0.6) is 0 Å². The third-order valence-electron chi connectivity index (χ3n) is 6.46. The van der Waals surface area contributed by atoms with Crippen molar-refractivity contribution in [3.8, 4) is 5.69 Å². The van der Waals surface area contributed by atoms with E-state index in [-0.39, 0.29) is 5.91 Å². The fourth-order valence-corrected chi connectivity index (χ4v) is 4.77. The summed E-state index contributed by atoms with van der Waals surface area (Å²) in [6, 6.07) is 17.5. The van der Waals surface area contributed by atoms with Gasteiger partial charge in [0.25, 0.3) is 0 Å². The number of amides is 1. The van der Waals surface area contributed by atoms with Crippen LogP contribution in [0.15, 0.2) is 54.6 Å².